The van der Waals surface area contributed by atoms with Gasteiger partial charge in [-0.1, -0.05) is 6.07 Å². The molecule has 0 saturated carbocycles. The van der Waals surface area contributed by atoms with E-state index in [4.69, 9.17) is 0 Å². The molecule has 0 saturated heterocycles. The van der Waals surface area contributed by atoms with Crippen LogP contribution in [0.1, 0.15) is 11.1 Å². The maximum Gasteiger partial charge on any atom is 0.325 e. The molecule has 0 spiro atoms. The van der Waals surface area contributed by atoms with Gasteiger partial charge >= 0.3 is 5.97 Å². The fraction of sp³-hybridized carbons (Fsp3) is 0.364. The molecular weight excluding hydrogens is 178 g/mol. The summed E-state index contributed by atoms with van der Waals surface area (Å²) >= 11 is 0. The van der Waals surface area contributed by atoms with E-state index in [2.05, 4.69) is 17.0 Å². The van der Waals surface area contributed by atoms with Gasteiger partial charge in [0, 0.05) is 5.69 Å². The van der Waals surface area contributed by atoms with E-state index in [9.17, 15) is 4.79 Å². The topological polar surface area (TPSA) is 38.3 Å². The second kappa shape index (κ2) is 4.65. The molecular formula is C11H15NO2. The van der Waals surface area contributed by atoms with Crippen LogP contribution < -0.4 is 5.32 Å². The smallest absolute Gasteiger partial charge is 0.325 e. The molecule has 0 heterocycles. The molecule has 0 aromatic heterocycles. The summed E-state index contributed by atoms with van der Waals surface area (Å²) in [5, 5.41) is 2.99. The summed E-state index contributed by atoms with van der Waals surface area (Å²) in [6.07, 6.45) is 0. The molecule has 76 valence electrons. The molecule has 1 rings (SSSR count). The Morgan fingerprint density at radius 3 is 2.64 bits per heavy atom. The molecule has 14 heavy (non-hydrogen) atoms. The highest BCUT2D eigenvalue weighted by molar-refractivity contribution is 5.74. The first-order chi connectivity index (χ1) is 6.63. The van der Waals surface area contributed by atoms with E-state index in [1.165, 1.54) is 18.2 Å². The zero-order valence-corrected chi connectivity index (χ0v) is 8.76. The van der Waals surface area contributed by atoms with Crippen molar-refractivity contribution in [2.24, 2.45) is 0 Å². The third-order valence-electron chi connectivity index (χ3n) is 2.17. The molecule has 3 nitrogen and oxygen atoms in total. The molecule has 0 aliphatic rings. The lowest BCUT2D eigenvalue weighted by Gasteiger charge is -2.07. The lowest BCUT2D eigenvalue weighted by Crippen LogP contribution is -2.14. The van der Waals surface area contributed by atoms with Gasteiger partial charge in [-0.2, -0.15) is 0 Å². The summed E-state index contributed by atoms with van der Waals surface area (Å²) in [5.74, 6) is -0.261. The first kappa shape index (κ1) is 10.6. The predicted octanol–water partition coefficient (Wildman–Crippen LogP) is 1.89. The van der Waals surface area contributed by atoms with E-state index in [1.54, 1.807) is 0 Å². The van der Waals surface area contributed by atoms with Gasteiger partial charge in [0.25, 0.3) is 0 Å². The highest BCUT2D eigenvalue weighted by Crippen LogP contribution is 2.13. The Kier molecular flexibility index (Phi) is 3.51. The Hall–Kier alpha value is -1.51. The fourth-order valence-corrected chi connectivity index (χ4v) is 1.10. The molecule has 1 aromatic carbocycles. The van der Waals surface area contributed by atoms with E-state index >= 15 is 0 Å². The van der Waals surface area contributed by atoms with Gasteiger partial charge in [0.1, 0.15) is 6.54 Å². The van der Waals surface area contributed by atoms with Gasteiger partial charge < -0.3 is 10.1 Å². The Balaban J connectivity index is 2.60. The quantitative estimate of drug-likeness (QED) is 0.745. The number of carbonyl (C=O) groups excluding carboxylic acids is 1. The summed E-state index contributed by atoms with van der Waals surface area (Å²) in [6.45, 7) is 4.30. The predicted molar refractivity (Wildman–Crippen MR) is 56.4 cm³/mol. The van der Waals surface area contributed by atoms with Gasteiger partial charge in [0.15, 0.2) is 0 Å². The highest BCUT2D eigenvalue weighted by Gasteiger charge is 2.00. The van der Waals surface area contributed by atoms with Crippen LogP contribution in [0.15, 0.2) is 18.2 Å². The number of ether oxygens (including phenoxy) is 1. The van der Waals surface area contributed by atoms with Gasteiger partial charge in [0.05, 0.1) is 7.11 Å². The number of esters is 1. The SMILES string of the molecule is COC(=O)CNc1ccc(C)c(C)c1. The van der Waals surface area contributed by atoms with Crippen molar-refractivity contribution in [3.63, 3.8) is 0 Å². The van der Waals surface area contributed by atoms with Crippen molar-refractivity contribution in [1.29, 1.82) is 0 Å². The molecule has 0 fully saturated rings. The van der Waals surface area contributed by atoms with Gasteiger partial charge in [0.2, 0.25) is 0 Å². The van der Waals surface area contributed by atoms with E-state index in [0.29, 0.717) is 0 Å². The number of hydrogen-bond acceptors (Lipinski definition) is 3. The zero-order chi connectivity index (χ0) is 10.6. The molecule has 1 N–H and O–H groups in total. The van der Waals surface area contributed by atoms with Crippen LogP contribution in [-0.2, 0) is 9.53 Å². The lowest BCUT2D eigenvalue weighted by atomic mass is 10.1. The van der Waals surface area contributed by atoms with Crippen molar-refractivity contribution in [1.82, 2.24) is 0 Å². The number of methoxy groups -OCH3 is 1. The van der Waals surface area contributed by atoms with Crippen LogP contribution in [0.4, 0.5) is 5.69 Å². The molecule has 0 aliphatic carbocycles. The number of benzene rings is 1. The molecule has 0 aliphatic heterocycles. The molecule has 0 unspecified atom stereocenters. The number of aryl methyl sites for hydroxylation is 2. The van der Waals surface area contributed by atoms with Crippen molar-refractivity contribution < 1.29 is 9.53 Å². The van der Waals surface area contributed by atoms with Crippen LogP contribution in [0.2, 0.25) is 0 Å². The number of carbonyl (C=O) groups is 1. The third kappa shape index (κ3) is 2.76. The number of anilines is 1. The summed E-state index contributed by atoms with van der Waals surface area (Å²) in [4.78, 5) is 10.9. The van der Waals surface area contributed by atoms with Crippen LogP contribution in [0.3, 0.4) is 0 Å². The lowest BCUT2D eigenvalue weighted by molar-refractivity contribution is -0.138. The van der Waals surface area contributed by atoms with Crippen LogP contribution >= 0.6 is 0 Å². The molecule has 0 amide bonds. The normalized spacial score (nSPS) is 9.64. The number of hydrogen-bond donors (Lipinski definition) is 1. The maximum atomic E-state index is 10.9. The number of rotatable bonds is 3. The fourth-order valence-electron chi connectivity index (χ4n) is 1.10. The van der Waals surface area contributed by atoms with Crippen LogP contribution in [0.25, 0.3) is 0 Å². The van der Waals surface area contributed by atoms with E-state index in [1.807, 2.05) is 25.1 Å². The average Bonchev–Trinajstić information content (AvgIpc) is 2.19. The first-order valence-electron chi connectivity index (χ1n) is 4.51. The Morgan fingerprint density at radius 1 is 1.36 bits per heavy atom. The third-order valence-corrected chi connectivity index (χ3v) is 2.17. The minimum Gasteiger partial charge on any atom is -0.468 e. The van der Waals surface area contributed by atoms with Crippen molar-refractivity contribution >= 4 is 11.7 Å². The second-order valence-electron chi connectivity index (χ2n) is 3.23. The van der Waals surface area contributed by atoms with E-state index in [-0.39, 0.29) is 12.5 Å². The largest absolute Gasteiger partial charge is 0.468 e. The first-order valence-corrected chi connectivity index (χ1v) is 4.51. The maximum absolute atomic E-state index is 10.9. The van der Waals surface area contributed by atoms with Crippen LogP contribution in [0, 0.1) is 13.8 Å². The summed E-state index contributed by atoms with van der Waals surface area (Å²) in [7, 11) is 1.38. The van der Waals surface area contributed by atoms with Crippen LogP contribution in [0.5, 0.6) is 0 Å². The van der Waals surface area contributed by atoms with Gasteiger partial charge in [-0.15, -0.1) is 0 Å². The summed E-state index contributed by atoms with van der Waals surface area (Å²) in [5.41, 5.74) is 3.40. The van der Waals surface area contributed by atoms with Crippen molar-refractivity contribution in [3.8, 4) is 0 Å². The molecule has 0 atom stereocenters. The summed E-state index contributed by atoms with van der Waals surface area (Å²) in [6, 6.07) is 5.98. The molecule has 1 aromatic rings. The van der Waals surface area contributed by atoms with Crippen molar-refractivity contribution in [2.75, 3.05) is 19.0 Å². The standard InChI is InChI=1S/C11H15NO2/c1-8-4-5-10(6-9(8)2)12-7-11(13)14-3/h4-6,12H,7H2,1-3H3. The second-order valence-corrected chi connectivity index (χ2v) is 3.23. The average molecular weight is 193 g/mol. The van der Waals surface area contributed by atoms with Crippen LogP contribution in [-0.4, -0.2) is 19.6 Å². The van der Waals surface area contributed by atoms with Gasteiger partial charge in [-0.3, -0.25) is 4.79 Å². The minimum atomic E-state index is -0.261. The summed E-state index contributed by atoms with van der Waals surface area (Å²) < 4.78 is 4.52. The van der Waals surface area contributed by atoms with Gasteiger partial charge in [-0.05, 0) is 37.1 Å². The van der Waals surface area contributed by atoms with Crippen molar-refractivity contribution in [2.45, 2.75) is 13.8 Å². The Morgan fingerprint density at radius 2 is 2.07 bits per heavy atom. The number of nitrogens with one attached hydrogen (secondary N) is 1. The Bertz CT molecular complexity index is 334. The van der Waals surface area contributed by atoms with Gasteiger partial charge in [-0.25, -0.2) is 0 Å². The van der Waals surface area contributed by atoms with E-state index in [0.717, 1.165) is 5.69 Å². The zero-order valence-electron chi connectivity index (χ0n) is 8.76. The van der Waals surface area contributed by atoms with Crippen molar-refractivity contribution in [3.05, 3.63) is 29.3 Å². The minimum absolute atomic E-state index is 0.207. The molecule has 0 radical (unpaired) electrons. The monoisotopic (exact) mass is 193 g/mol. The molecule has 0 bridgehead atoms. The molecule has 3 heteroatoms. The van der Waals surface area contributed by atoms with E-state index < -0.39 is 0 Å². The Labute approximate surface area is 84.1 Å². The highest BCUT2D eigenvalue weighted by atomic mass is 16.5.